The van der Waals surface area contributed by atoms with Gasteiger partial charge in [-0.1, -0.05) is 56.8 Å². The molecule has 2 aliphatic rings. The highest BCUT2D eigenvalue weighted by Gasteiger charge is 2.34. The molecule has 32 heavy (non-hydrogen) atoms. The summed E-state index contributed by atoms with van der Waals surface area (Å²) in [5, 5.41) is 8.26. The number of rotatable bonds is 5. The van der Waals surface area contributed by atoms with E-state index in [2.05, 4.69) is 53.6 Å². The Balaban J connectivity index is 1.36. The largest absolute Gasteiger partial charge is 0.362 e. The van der Waals surface area contributed by atoms with Crippen molar-refractivity contribution in [2.75, 3.05) is 29.9 Å². The zero-order valence-electron chi connectivity index (χ0n) is 19.2. The number of thiocarbonyl (C=S) groups is 1. The summed E-state index contributed by atoms with van der Waals surface area (Å²) >= 11 is 11.8. The molecule has 0 unspecified atom stereocenters. The van der Waals surface area contributed by atoms with Crippen LogP contribution in [0.2, 0.25) is 5.02 Å². The van der Waals surface area contributed by atoms with Gasteiger partial charge in [0.1, 0.15) is 5.82 Å². The van der Waals surface area contributed by atoms with Gasteiger partial charge in [0.2, 0.25) is 0 Å². The summed E-state index contributed by atoms with van der Waals surface area (Å²) in [5.74, 6) is 2.47. The molecule has 2 N–H and O–H groups in total. The molecule has 0 bridgehead atoms. The first-order chi connectivity index (χ1) is 15.4. The second kappa shape index (κ2) is 10.4. The minimum absolute atomic E-state index is 0.109. The highest BCUT2D eigenvalue weighted by molar-refractivity contribution is 7.80. The highest BCUT2D eigenvalue weighted by atomic mass is 35.5. The van der Waals surface area contributed by atoms with Crippen LogP contribution in [0.5, 0.6) is 0 Å². The second-order valence-electron chi connectivity index (χ2n) is 9.91. The van der Waals surface area contributed by atoms with E-state index in [1.54, 1.807) is 0 Å². The molecule has 1 aliphatic carbocycles. The number of halogens is 1. The summed E-state index contributed by atoms with van der Waals surface area (Å²) in [5.41, 5.74) is 2.39. The Labute approximate surface area is 203 Å². The van der Waals surface area contributed by atoms with Crippen LogP contribution in [0.15, 0.2) is 42.6 Å². The Morgan fingerprint density at radius 2 is 1.75 bits per heavy atom. The maximum absolute atomic E-state index is 6.13. The molecule has 1 saturated carbocycles. The first kappa shape index (κ1) is 23.3. The van der Waals surface area contributed by atoms with Crippen molar-refractivity contribution in [2.24, 2.45) is 11.8 Å². The molecular weight excluding hydrogens is 436 g/mol. The third-order valence-electron chi connectivity index (χ3n) is 7.05. The summed E-state index contributed by atoms with van der Waals surface area (Å²) in [6, 6.07) is 12.5. The first-order valence-electron chi connectivity index (χ1n) is 12.0. The summed E-state index contributed by atoms with van der Waals surface area (Å²) in [6.07, 6.45) is 9.36. The van der Waals surface area contributed by atoms with Crippen molar-refractivity contribution in [3.05, 3.63) is 53.2 Å². The van der Waals surface area contributed by atoms with Gasteiger partial charge in [0, 0.05) is 30.1 Å². The van der Waals surface area contributed by atoms with E-state index in [9.17, 15) is 0 Å². The number of hydrogen-bond acceptors (Lipinski definition) is 3. The molecule has 1 aromatic carbocycles. The highest BCUT2D eigenvalue weighted by Crippen LogP contribution is 2.39. The topological polar surface area (TPSA) is 40.2 Å². The minimum Gasteiger partial charge on any atom is -0.362 e. The summed E-state index contributed by atoms with van der Waals surface area (Å²) in [4.78, 5) is 7.11. The standard InChI is InChI=1S/C26H35ClN4S/c1-19-14-20(2)17-31(16-19)24-11-10-23(15-28-24)30-25(32)29-18-26(12-4-3-5-13-26)21-6-8-22(27)9-7-21/h6-11,15,19-20H,3-5,12-14,16-18H2,1-2H3,(H2,29,30,32)/t19-,20+. The van der Waals surface area contributed by atoms with Crippen LogP contribution in [0.3, 0.4) is 0 Å². The van der Waals surface area contributed by atoms with E-state index in [1.807, 2.05) is 18.3 Å². The average Bonchev–Trinajstić information content (AvgIpc) is 2.79. The average molecular weight is 471 g/mol. The number of aromatic nitrogens is 1. The fourth-order valence-corrected chi connectivity index (χ4v) is 5.84. The van der Waals surface area contributed by atoms with E-state index in [1.165, 1.54) is 44.1 Å². The molecule has 6 heteroatoms. The third kappa shape index (κ3) is 5.74. The number of piperidine rings is 1. The fraction of sp³-hybridized carbons (Fsp3) is 0.538. The quantitative estimate of drug-likeness (QED) is 0.494. The Hall–Kier alpha value is -1.85. The zero-order valence-corrected chi connectivity index (χ0v) is 20.8. The lowest BCUT2D eigenvalue weighted by Gasteiger charge is -2.38. The number of anilines is 2. The van der Waals surface area contributed by atoms with Crippen LogP contribution in [0.1, 0.15) is 57.9 Å². The van der Waals surface area contributed by atoms with Gasteiger partial charge in [-0.15, -0.1) is 0 Å². The zero-order chi connectivity index (χ0) is 22.6. The molecule has 4 rings (SSSR count). The molecule has 1 aromatic heterocycles. The maximum Gasteiger partial charge on any atom is 0.170 e. The summed E-state index contributed by atoms with van der Waals surface area (Å²) in [6.45, 7) is 7.64. The molecule has 2 aromatic rings. The molecule has 0 amide bonds. The van der Waals surface area contributed by atoms with E-state index < -0.39 is 0 Å². The fourth-order valence-electron chi connectivity index (χ4n) is 5.52. The van der Waals surface area contributed by atoms with Gasteiger partial charge in [-0.25, -0.2) is 4.98 Å². The lowest BCUT2D eigenvalue weighted by Crippen LogP contribution is -2.43. The molecule has 0 spiro atoms. The Kier molecular flexibility index (Phi) is 7.57. The SMILES string of the molecule is C[C@@H]1C[C@H](C)CN(c2ccc(NC(=S)NCC3(c4ccc(Cl)cc4)CCCCC3)cn2)C1. The van der Waals surface area contributed by atoms with Crippen molar-refractivity contribution in [1.29, 1.82) is 0 Å². The van der Waals surface area contributed by atoms with Crippen LogP contribution in [0.25, 0.3) is 0 Å². The van der Waals surface area contributed by atoms with Gasteiger partial charge >= 0.3 is 0 Å². The number of nitrogens with zero attached hydrogens (tertiary/aromatic N) is 2. The van der Waals surface area contributed by atoms with Crippen LogP contribution in [0.4, 0.5) is 11.5 Å². The maximum atomic E-state index is 6.13. The van der Waals surface area contributed by atoms with E-state index in [4.69, 9.17) is 28.8 Å². The van der Waals surface area contributed by atoms with Gasteiger partial charge in [0.05, 0.1) is 11.9 Å². The van der Waals surface area contributed by atoms with Gasteiger partial charge in [-0.2, -0.15) is 0 Å². The molecular formula is C26H35ClN4S. The molecule has 2 atom stereocenters. The third-order valence-corrected chi connectivity index (χ3v) is 7.55. The molecule has 4 nitrogen and oxygen atoms in total. The second-order valence-corrected chi connectivity index (χ2v) is 10.8. The normalized spacial score (nSPS) is 22.9. The number of pyridine rings is 1. The number of hydrogen-bond donors (Lipinski definition) is 2. The van der Waals surface area contributed by atoms with E-state index >= 15 is 0 Å². The van der Waals surface area contributed by atoms with Crippen LogP contribution in [-0.2, 0) is 5.41 Å². The van der Waals surface area contributed by atoms with Crippen LogP contribution >= 0.6 is 23.8 Å². The van der Waals surface area contributed by atoms with Crippen molar-refractivity contribution in [3.63, 3.8) is 0 Å². The Morgan fingerprint density at radius 1 is 1.06 bits per heavy atom. The van der Waals surface area contributed by atoms with E-state index in [-0.39, 0.29) is 5.41 Å². The van der Waals surface area contributed by atoms with E-state index in [0.29, 0.717) is 16.9 Å². The van der Waals surface area contributed by atoms with Gasteiger partial charge in [0.25, 0.3) is 0 Å². The summed E-state index contributed by atoms with van der Waals surface area (Å²) < 4.78 is 0. The predicted octanol–water partition coefficient (Wildman–Crippen LogP) is 6.41. The van der Waals surface area contributed by atoms with Crippen molar-refractivity contribution in [3.8, 4) is 0 Å². The van der Waals surface area contributed by atoms with Crippen LogP contribution in [0, 0.1) is 11.8 Å². The van der Waals surface area contributed by atoms with Crippen molar-refractivity contribution in [2.45, 2.75) is 57.8 Å². The van der Waals surface area contributed by atoms with Gasteiger partial charge < -0.3 is 15.5 Å². The Morgan fingerprint density at radius 3 is 2.38 bits per heavy atom. The van der Waals surface area contributed by atoms with Crippen molar-refractivity contribution < 1.29 is 0 Å². The number of benzene rings is 1. The molecule has 2 fully saturated rings. The molecule has 172 valence electrons. The van der Waals surface area contributed by atoms with Crippen molar-refractivity contribution >= 4 is 40.4 Å². The van der Waals surface area contributed by atoms with E-state index in [0.717, 1.165) is 36.2 Å². The van der Waals surface area contributed by atoms with Gasteiger partial charge in [-0.05, 0) is 73.1 Å². The van der Waals surface area contributed by atoms with Crippen molar-refractivity contribution in [1.82, 2.24) is 10.3 Å². The van der Waals surface area contributed by atoms with Gasteiger partial charge in [0.15, 0.2) is 5.11 Å². The number of nitrogens with one attached hydrogen (secondary N) is 2. The van der Waals surface area contributed by atoms with Gasteiger partial charge in [-0.3, -0.25) is 0 Å². The minimum atomic E-state index is 0.109. The van der Waals surface area contributed by atoms with Crippen LogP contribution in [-0.4, -0.2) is 29.7 Å². The Bertz CT molecular complexity index is 883. The molecule has 1 saturated heterocycles. The van der Waals surface area contributed by atoms with Crippen LogP contribution < -0.4 is 15.5 Å². The lowest BCUT2D eigenvalue weighted by atomic mass is 9.69. The first-order valence-corrected chi connectivity index (χ1v) is 12.7. The molecule has 2 heterocycles. The predicted molar refractivity (Wildman–Crippen MR) is 140 cm³/mol. The molecule has 1 aliphatic heterocycles. The summed E-state index contributed by atoms with van der Waals surface area (Å²) in [7, 11) is 0. The monoisotopic (exact) mass is 470 g/mol. The molecule has 0 radical (unpaired) electrons. The lowest BCUT2D eigenvalue weighted by molar-refractivity contribution is 0.292. The smallest absolute Gasteiger partial charge is 0.170 e.